The average Bonchev–Trinajstić information content (AvgIpc) is 2.71. The molecule has 0 saturated carbocycles. The zero-order valence-electron chi connectivity index (χ0n) is 15.1. The van der Waals surface area contributed by atoms with Crippen LogP contribution in [0.5, 0.6) is 5.75 Å². The van der Waals surface area contributed by atoms with Gasteiger partial charge in [0.25, 0.3) is 0 Å². The lowest BCUT2D eigenvalue weighted by Gasteiger charge is -2.07. The summed E-state index contributed by atoms with van der Waals surface area (Å²) in [6.45, 7) is 2.70. The van der Waals surface area contributed by atoms with Crippen molar-refractivity contribution in [2.45, 2.75) is 20.0 Å². The predicted octanol–water partition coefficient (Wildman–Crippen LogP) is 2.91. The number of hydrogen-bond donors (Lipinski definition) is 1. The number of benzene rings is 1. The van der Waals surface area contributed by atoms with Crippen molar-refractivity contribution >= 4 is 17.8 Å². The van der Waals surface area contributed by atoms with Crippen LogP contribution in [0.25, 0.3) is 6.08 Å². The number of carbonyl (C=O) groups excluding carboxylic acids is 2. The molecule has 138 valence electrons. The molecule has 1 atom stereocenters. The molecule has 1 aromatic carbocycles. The number of amides is 1. The van der Waals surface area contributed by atoms with E-state index in [0.717, 1.165) is 17.7 Å². The van der Waals surface area contributed by atoms with Crippen LogP contribution in [0.1, 0.15) is 24.6 Å². The van der Waals surface area contributed by atoms with Crippen LogP contribution in [-0.2, 0) is 16.2 Å². The highest BCUT2D eigenvalue weighted by Gasteiger charge is 2.23. The van der Waals surface area contributed by atoms with Crippen LogP contribution in [0.2, 0.25) is 0 Å². The number of nitriles is 1. The summed E-state index contributed by atoms with van der Waals surface area (Å²) in [5, 5.41) is 11.6. The maximum absolute atomic E-state index is 12.1. The van der Waals surface area contributed by atoms with Gasteiger partial charge in [-0.05, 0) is 42.3 Å². The van der Waals surface area contributed by atoms with Crippen LogP contribution >= 0.6 is 0 Å². The molecular formula is C21H21N3O3. The second-order valence-electron chi connectivity index (χ2n) is 5.77. The zero-order valence-corrected chi connectivity index (χ0v) is 15.1. The minimum Gasteiger partial charge on any atom is -0.487 e. The highest BCUT2D eigenvalue weighted by atomic mass is 16.5. The third-order valence-corrected chi connectivity index (χ3v) is 3.66. The molecule has 1 heterocycles. The molecule has 0 radical (unpaired) electrons. The van der Waals surface area contributed by atoms with Crippen molar-refractivity contribution < 1.29 is 14.3 Å². The van der Waals surface area contributed by atoms with Crippen molar-refractivity contribution in [1.29, 1.82) is 5.26 Å². The maximum Gasteiger partial charge on any atom is 0.245 e. The largest absolute Gasteiger partial charge is 0.487 e. The second-order valence-corrected chi connectivity index (χ2v) is 5.77. The molecule has 0 aliphatic carbocycles. The number of carbonyl (C=O) groups is 2. The molecule has 0 saturated heterocycles. The van der Waals surface area contributed by atoms with Crippen molar-refractivity contribution in [3.05, 3.63) is 66.0 Å². The van der Waals surface area contributed by atoms with Gasteiger partial charge in [0.15, 0.2) is 11.7 Å². The Kier molecular flexibility index (Phi) is 7.73. The monoisotopic (exact) mass is 363 g/mol. The molecule has 0 bridgehead atoms. The number of pyridine rings is 1. The topological polar surface area (TPSA) is 92.1 Å². The number of rotatable bonds is 9. The van der Waals surface area contributed by atoms with E-state index in [-0.39, 0.29) is 0 Å². The number of hydrogen-bond acceptors (Lipinski definition) is 5. The molecule has 0 fully saturated rings. The van der Waals surface area contributed by atoms with E-state index in [0.29, 0.717) is 18.9 Å². The highest BCUT2D eigenvalue weighted by molar-refractivity contribution is 6.10. The third kappa shape index (κ3) is 6.40. The fourth-order valence-electron chi connectivity index (χ4n) is 2.19. The van der Waals surface area contributed by atoms with Gasteiger partial charge >= 0.3 is 0 Å². The molecule has 2 rings (SSSR count). The first kappa shape index (κ1) is 19.9. The van der Waals surface area contributed by atoms with Crippen molar-refractivity contribution in [3.63, 3.8) is 0 Å². The Hall–Kier alpha value is -3.46. The van der Waals surface area contributed by atoms with Gasteiger partial charge < -0.3 is 10.1 Å². The molecule has 0 spiro atoms. The Balaban J connectivity index is 1.91. The lowest BCUT2D eigenvalue weighted by atomic mass is 10.0. The molecule has 0 aliphatic rings. The van der Waals surface area contributed by atoms with Crippen molar-refractivity contribution in [2.24, 2.45) is 5.92 Å². The zero-order chi connectivity index (χ0) is 19.5. The molecule has 6 nitrogen and oxygen atoms in total. The molecule has 1 unspecified atom stereocenters. The molecule has 27 heavy (non-hydrogen) atoms. The van der Waals surface area contributed by atoms with E-state index in [9.17, 15) is 9.59 Å². The first-order chi connectivity index (χ1) is 13.1. The summed E-state index contributed by atoms with van der Waals surface area (Å²) in [4.78, 5) is 28.1. The number of aromatic nitrogens is 1. The molecule has 2 aromatic rings. The number of nitrogens with one attached hydrogen (secondary N) is 1. The summed E-state index contributed by atoms with van der Waals surface area (Å²) in [6, 6.07) is 14.5. The number of ketones is 1. The van der Waals surface area contributed by atoms with E-state index in [1.807, 2.05) is 25.1 Å². The van der Waals surface area contributed by atoms with E-state index in [4.69, 9.17) is 10.00 Å². The Bertz CT molecular complexity index is 824. The van der Waals surface area contributed by atoms with Crippen LogP contribution in [0, 0.1) is 17.2 Å². The van der Waals surface area contributed by atoms with E-state index >= 15 is 0 Å². The first-order valence-electron chi connectivity index (χ1n) is 8.66. The lowest BCUT2D eigenvalue weighted by molar-refractivity contribution is -0.129. The Morgan fingerprint density at radius 3 is 2.67 bits per heavy atom. The van der Waals surface area contributed by atoms with Crippen molar-refractivity contribution in [1.82, 2.24) is 10.3 Å². The van der Waals surface area contributed by atoms with Crippen molar-refractivity contribution in [3.8, 4) is 11.8 Å². The smallest absolute Gasteiger partial charge is 0.245 e. The van der Waals surface area contributed by atoms with Crippen LogP contribution < -0.4 is 10.1 Å². The van der Waals surface area contributed by atoms with Gasteiger partial charge in [-0.3, -0.25) is 14.6 Å². The fourth-order valence-corrected chi connectivity index (χ4v) is 2.19. The fraction of sp³-hybridized carbons (Fsp3) is 0.238. The molecule has 6 heteroatoms. The minimum atomic E-state index is -1.33. The SMILES string of the molecule is CCCNC(=O)C(C#N)C(=O)/C=C/c1ccc(OCc2ccccn2)cc1. The van der Waals surface area contributed by atoms with Crippen molar-refractivity contribution in [2.75, 3.05) is 6.54 Å². The predicted molar refractivity (Wildman–Crippen MR) is 101 cm³/mol. The van der Waals surface area contributed by atoms with Gasteiger partial charge in [0.05, 0.1) is 11.8 Å². The molecule has 0 aliphatic heterocycles. The minimum absolute atomic E-state index is 0.366. The highest BCUT2D eigenvalue weighted by Crippen LogP contribution is 2.15. The third-order valence-electron chi connectivity index (χ3n) is 3.66. The quantitative estimate of drug-likeness (QED) is 0.546. The van der Waals surface area contributed by atoms with E-state index in [1.54, 1.807) is 42.6 Å². The van der Waals surface area contributed by atoms with Gasteiger partial charge in [-0.2, -0.15) is 5.26 Å². The number of allylic oxidation sites excluding steroid dienone is 1. The standard InChI is InChI=1S/C21H21N3O3/c1-2-12-24-21(26)19(14-22)20(25)11-8-16-6-9-18(10-7-16)27-15-17-5-3-4-13-23-17/h3-11,13,19H,2,12,15H2,1H3,(H,24,26)/b11-8+. The van der Waals surface area contributed by atoms with E-state index in [1.165, 1.54) is 6.08 Å². The Morgan fingerprint density at radius 1 is 1.26 bits per heavy atom. The molecule has 1 N–H and O–H groups in total. The summed E-state index contributed by atoms with van der Waals surface area (Å²) < 4.78 is 5.65. The van der Waals surface area contributed by atoms with Gasteiger partial charge in [-0.15, -0.1) is 0 Å². The summed E-state index contributed by atoms with van der Waals surface area (Å²) in [7, 11) is 0. The van der Waals surface area contributed by atoms with E-state index < -0.39 is 17.6 Å². The summed E-state index contributed by atoms with van der Waals surface area (Å²) in [6.07, 6.45) is 5.27. The maximum atomic E-state index is 12.1. The average molecular weight is 363 g/mol. The van der Waals surface area contributed by atoms with Gasteiger partial charge in [0, 0.05) is 12.7 Å². The van der Waals surface area contributed by atoms with Crippen LogP contribution in [0.4, 0.5) is 0 Å². The summed E-state index contributed by atoms with van der Waals surface area (Å²) >= 11 is 0. The molecule has 1 aromatic heterocycles. The van der Waals surface area contributed by atoms with Crippen LogP contribution in [-0.4, -0.2) is 23.2 Å². The van der Waals surface area contributed by atoms with Gasteiger partial charge in [0.2, 0.25) is 5.91 Å². The summed E-state index contributed by atoms with van der Waals surface area (Å²) in [5.41, 5.74) is 1.59. The lowest BCUT2D eigenvalue weighted by Crippen LogP contribution is -2.34. The Labute approximate surface area is 158 Å². The number of ether oxygens (including phenoxy) is 1. The normalized spacial score (nSPS) is 11.6. The molecular weight excluding hydrogens is 342 g/mol. The summed E-state index contributed by atoms with van der Waals surface area (Å²) in [5.74, 6) is -1.75. The van der Waals surface area contributed by atoms with Gasteiger partial charge in [0.1, 0.15) is 12.4 Å². The van der Waals surface area contributed by atoms with Crippen LogP contribution in [0.15, 0.2) is 54.7 Å². The second kappa shape index (κ2) is 10.5. The molecule has 1 amide bonds. The number of nitrogens with zero attached hydrogens (tertiary/aromatic N) is 2. The first-order valence-corrected chi connectivity index (χ1v) is 8.66. The van der Waals surface area contributed by atoms with Gasteiger partial charge in [-0.25, -0.2) is 0 Å². The van der Waals surface area contributed by atoms with Crippen LogP contribution in [0.3, 0.4) is 0 Å². The van der Waals surface area contributed by atoms with E-state index in [2.05, 4.69) is 10.3 Å². The Morgan fingerprint density at radius 2 is 2.04 bits per heavy atom. The van der Waals surface area contributed by atoms with Gasteiger partial charge in [-0.1, -0.05) is 31.2 Å².